The van der Waals surface area contributed by atoms with Crippen LogP contribution in [0.1, 0.15) is 44.9 Å². The molecule has 19 heavy (non-hydrogen) atoms. The third kappa shape index (κ3) is 4.77. The Balaban J connectivity index is 1.75. The molecule has 0 atom stereocenters. The maximum absolute atomic E-state index is 12.4. The van der Waals surface area contributed by atoms with E-state index in [-0.39, 0.29) is 0 Å². The number of hydrogen-bond donors (Lipinski definition) is 1. The molecule has 0 aromatic rings. The summed E-state index contributed by atoms with van der Waals surface area (Å²) in [5.74, 6) is 1.05. The highest BCUT2D eigenvalue weighted by atomic mass is 16.2. The first-order valence-corrected chi connectivity index (χ1v) is 8.00. The van der Waals surface area contributed by atoms with Gasteiger partial charge in [0.05, 0.1) is 0 Å². The van der Waals surface area contributed by atoms with E-state index < -0.39 is 0 Å². The van der Waals surface area contributed by atoms with Crippen LogP contribution in [0.2, 0.25) is 0 Å². The number of carbonyl (C=O) groups excluding carboxylic acids is 1. The lowest BCUT2D eigenvalue weighted by atomic mass is 9.86. The van der Waals surface area contributed by atoms with Crippen LogP contribution in [0.15, 0.2) is 0 Å². The molecule has 0 bridgehead atoms. The predicted octanol–water partition coefficient (Wildman–Crippen LogP) is 1.45. The van der Waals surface area contributed by atoms with Crippen molar-refractivity contribution in [1.82, 2.24) is 9.80 Å². The summed E-state index contributed by atoms with van der Waals surface area (Å²) in [5, 5.41) is 0. The van der Waals surface area contributed by atoms with Gasteiger partial charge < -0.3 is 15.5 Å². The highest BCUT2D eigenvalue weighted by Gasteiger charge is 2.22. The van der Waals surface area contributed by atoms with Crippen molar-refractivity contribution in [2.24, 2.45) is 11.7 Å². The first-order chi connectivity index (χ1) is 9.29. The summed E-state index contributed by atoms with van der Waals surface area (Å²) in [4.78, 5) is 16.8. The second-order valence-electron chi connectivity index (χ2n) is 6.07. The van der Waals surface area contributed by atoms with Gasteiger partial charge in [0.2, 0.25) is 5.91 Å². The molecule has 1 aliphatic carbocycles. The molecule has 1 heterocycles. The van der Waals surface area contributed by atoms with Gasteiger partial charge in [0, 0.05) is 39.1 Å². The van der Waals surface area contributed by atoms with Gasteiger partial charge in [-0.05, 0) is 31.7 Å². The zero-order chi connectivity index (χ0) is 13.5. The van der Waals surface area contributed by atoms with Crippen molar-refractivity contribution in [2.45, 2.75) is 44.9 Å². The quantitative estimate of drug-likeness (QED) is 0.839. The Bertz CT molecular complexity index is 277. The van der Waals surface area contributed by atoms with E-state index in [0.29, 0.717) is 11.8 Å². The average Bonchev–Trinajstić information content (AvgIpc) is 2.66. The van der Waals surface area contributed by atoms with E-state index in [0.717, 1.165) is 52.1 Å². The van der Waals surface area contributed by atoms with Crippen molar-refractivity contribution >= 4 is 5.91 Å². The molecule has 2 aliphatic rings. The molecule has 110 valence electrons. The van der Waals surface area contributed by atoms with Crippen LogP contribution in [0.25, 0.3) is 0 Å². The summed E-state index contributed by atoms with van der Waals surface area (Å²) in [6.07, 6.45) is 8.41. The van der Waals surface area contributed by atoms with Crippen LogP contribution < -0.4 is 5.73 Å². The van der Waals surface area contributed by atoms with Gasteiger partial charge in [-0.25, -0.2) is 0 Å². The van der Waals surface area contributed by atoms with Crippen molar-refractivity contribution in [3.05, 3.63) is 0 Å². The number of amides is 1. The highest BCUT2D eigenvalue weighted by Crippen LogP contribution is 2.26. The minimum Gasteiger partial charge on any atom is -0.341 e. The molecule has 4 heteroatoms. The van der Waals surface area contributed by atoms with E-state index >= 15 is 0 Å². The first-order valence-electron chi connectivity index (χ1n) is 8.00. The lowest BCUT2D eigenvalue weighted by Crippen LogP contribution is -2.37. The fraction of sp³-hybridized carbons (Fsp3) is 0.933. The Hall–Kier alpha value is -0.610. The maximum Gasteiger partial charge on any atom is 0.222 e. The van der Waals surface area contributed by atoms with Gasteiger partial charge in [0.15, 0.2) is 0 Å². The molecule has 0 spiro atoms. The molecule has 4 nitrogen and oxygen atoms in total. The van der Waals surface area contributed by atoms with Gasteiger partial charge in [-0.2, -0.15) is 0 Å². The second-order valence-corrected chi connectivity index (χ2v) is 6.07. The highest BCUT2D eigenvalue weighted by molar-refractivity contribution is 5.76. The van der Waals surface area contributed by atoms with Gasteiger partial charge in [-0.15, -0.1) is 0 Å². The fourth-order valence-electron chi connectivity index (χ4n) is 3.39. The minimum absolute atomic E-state index is 0.390. The summed E-state index contributed by atoms with van der Waals surface area (Å²) >= 11 is 0. The standard InChI is InChI=1S/C15H29N3O/c16-7-10-17-8-4-9-18(12-11-17)15(19)13-14-5-2-1-3-6-14/h14H,1-13,16H2. The van der Waals surface area contributed by atoms with E-state index in [1.165, 1.54) is 32.1 Å². The maximum atomic E-state index is 12.4. The number of carbonyl (C=O) groups is 1. The number of nitrogens with two attached hydrogens (primary N) is 1. The number of nitrogens with zero attached hydrogens (tertiary/aromatic N) is 2. The topological polar surface area (TPSA) is 49.6 Å². The second kappa shape index (κ2) is 7.85. The predicted molar refractivity (Wildman–Crippen MR) is 77.9 cm³/mol. The largest absolute Gasteiger partial charge is 0.341 e. The molecule has 1 aliphatic heterocycles. The lowest BCUT2D eigenvalue weighted by molar-refractivity contribution is -0.132. The van der Waals surface area contributed by atoms with Crippen LogP contribution in [0.5, 0.6) is 0 Å². The van der Waals surface area contributed by atoms with Crippen LogP contribution in [0, 0.1) is 5.92 Å². The van der Waals surface area contributed by atoms with E-state index in [9.17, 15) is 4.79 Å². The third-order valence-electron chi connectivity index (χ3n) is 4.57. The third-order valence-corrected chi connectivity index (χ3v) is 4.57. The van der Waals surface area contributed by atoms with Crippen molar-refractivity contribution in [3.8, 4) is 0 Å². The normalized spacial score (nSPS) is 23.3. The molecule has 0 radical (unpaired) electrons. The Labute approximate surface area is 117 Å². The lowest BCUT2D eigenvalue weighted by Gasteiger charge is -2.26. The Morgan fingerprint density at radius 3 is 2.53 bits per heavy atom. The molecule has 0 aromatic heterocycles. The minimum atomic E-state index is 0.390. The Morgan fingerprint density at radius 2 is 1.79 bits per heavy atom. The van der Waals surface area contributed by atoms with Gasteiger partial charge in [-0.3, -0.25) is 4.79 Å². The first kappa shape index (κ1) is 14.8. The Morgan fingerprint density at radius 1 is 1.00 bits per heavy atom. The van der Waals surface area contributed by atoms with E-state index in [2.05, 4.69) is 9.80 Å². The smallest absolute Gasteiger partial charge is 0.222 e. The van der Waals surface area contributed by atoms with Crippen molar-refractivity contribution in [2.75, 3.05) is 39.3 Å². The van der Waals surface area contributed by atoms with Gasteiger partial charge in [-0.1, -0.05) is 19.3 Å². The number of rotatable bonds is 4. The Kier molecular flexibility index (Phi) is 6.11. The SMILES string of the molecule is NCCN1CCCN(C(=O)CC2CCCCC2)CC1. The van der Waals surface area contributed by atoms with Crippen LogP contribution in [0.3, 0.4) is 0 Å². The monoisotopic (exact) mass is 267 g/mol. The summed E-state index contributed by atoms with van der Waals surface area (Å²) < 4.78 is 0. The summed E-state index contributed by atoms with van der Waals surface area (Å²) in [6, 6.07) is 0. The molecule has 0 unspecified atom stereocenters. The molecular formula is C15H29N3O. The van der Waals surface area contributed by atoms with Gasteiger partial charge >= 0.3 is 0 Å². The average molecular weight is 267 g/mol. The van der Waals surface area contributed by atoms with E-state index in [1.807, 2.05) is 0 Å². The van der Waals surface area contributed by atoms with Crippen LogP contribution in [-0.2, 0) is 4.79 Å². The molecule has 0 aromatic carbocycles. The van der Waals surface area contributed by atoms with Crippen LogP contribution >= 0.6 is 0 Å². The van der Waals surface area contributed by atoms with E-state index in [1.54, 1.807) is 0 Å². The van der Waals surface area contributed by atoms with Crippen molar-refractivity contribution in [1.29, 1.82) is 0 Å². The summed E-state index contributed by atoms with van der Waals surface area (Å²) in [7, 11) is 0. The van der Waals surface area contributed by atoms with E-state index in [4.69, 9.17) is 5.73 Å². The molecular weight excluding hydrogens is 238 g/mol. The van der Waals surface area contributed by atoms with Crippen LogP contribution in [-0.4, -0.2) is 55.0 Å². The van der Waals surface area contributed by atoms with Crippen LogP contribution in [0.4, 0.5) is 0 Å². The number of hydrogen-bond acceptors (Lipinski definition) is 3. The molecule has 1 saturated carbocycles. The fourth-order valence-corrected chi connectivity index (χ4v) is 3.39. The summed E-state index contributed by atoms with van der Waals surface area (Å²) in [6.45, 7) is 5.59. The van der Waals surface area contributed by atoms with Gasteiger partial charge in [0.25, 0.3) is 0 Å². The molecule has 2 fully saturated rings. The zero-order valence-electron chi connectivity index (χ0n) is 12.1. The molecule has 1 amide bonds. The molecule has 1 saturated heterocycles. The molecule has 2 rings (SSSR count). The van der Waals surface area contributed by atoms with Crippen molar-refractivity contribution in [3.63, 3.8) is 0 Å². The molecule has 2 N–H and O–H groups in total. The summed E-state index contributed by atoms with van der Waals surface area (Å²) in [5.41, 5.74) is 5.61. The zero-order valence-corrected chi connectivity index (χ0v) is 12.1. The van der Waals surface area contributed by atoms with Gasteiger partial charge in [0.1, 0.15) is 0 Å². The van der Waals surface area contributed by atoms with Crippen molar-refractivity contribution < 1.29 is 4.79 Å².